The summed E-state index contributed by atoms with van der Waals surface area (Å²) < 4.78 is 12.1. The Balaban J connectivity index is 1.11. The minimum absolute atomic E-state index is 0.0941. The molecule has 0 spiro atoms. The molecule has 1 saturated heterocycles. The zero-order valence-corrected chi connectivity index (χ0v) is 21.9. The molecule has 7 heteroatoms. The summed E-state index contributed by atoms with van der Waals surface area (Å²) in [6.45, 7) is 6.64. The monoisotopic (exact) mass is 505 g/mol. The number of anilines is 1. The molecule has 0 bridgehead atoms. The molecule has 1 aliphatic carbocycles. The van der Waals surface area contributed by atoms with Gasteiger partial charge in [-0.05, 0) is 87.4 Å². The van der Waals surface area contributed by atoms with Crippen LogP contribution in [0.1, 0.15) is 57.6 Å². The van der Waals surface area contributed by atoms with Crippen molar-refractivity contribution in [3.63, 3.8) is 0 Å². The van der Waals surface area contributed by atoms with E-state index in [4.69, 9.17) is 14.9 Å². The lowest BCUT2D eigenvalue weighted by Gasteiger charge is -2.21. The van der Waals surface area contributed by atoms with Gasteiger partial charge in [-0.2, -0.15) is 0 Å². The molecule has 0 aromatic heterocycles. The summed E-state index contributed by atoms with van der Waals surface area (Å²) in [5, 5.41) is 11.5. The van der Waals surface area contributed by atoms with Gasteiger partial charge in [-0.25, -0.2) is 0 Å². The van der Waals surface area contributed by atoms with Crippen molar-refractivity contribution in [2.24, 2.45) is 5.92 Å². The normalized spacial score (nSPS) is 20.9. The van der Waals surface area contributed by atoms with Crippen LogP contribution in [-0.4, -0.2) is 36.8 Å². The summed E-state index contributed by atoms with van der Waals surface area (Å²) in [4.78, 5) is 15.8. The molecule has 2 N–H and O–H groups in total. The van der Waals surface area contributed by atoms with Crippen molar-refractivity contribution in [3.8, 4) is 11.5 Å². The van der Waals surface area contributed by atoms with Crippen molar-refractivity contribution in [1.82, 2.24) is 5.32 Å². The first-order valence-electron chi connectivity index (χ1n) is 12.9. The fourth-order valence-corrected chi connectivity index (χ4v) is 5.48. The summed E-state index contributed by atoms with van der Waals surface area (Å²) in [7, 11) is 0. The standard InChI is InChI=1S/C29H35N3O3S/c1-19-3-14-27(30)36-28(19)29(33)31-20(2)22-6-10-25(11-7-22)35-26-15-16-32(17-26)23-8-12-24(13-9-23)34-18-21-4-5-21/h6-13,20-21,26,30H,3-5,14-18H2,1-2H3,(H,31,33). The zero-order valence-electron chi connectivity index (χ0n) is 21.1. The highest BCUT2D eigenvalue weighted by atomic mass is 32.2. The number of thioether (sulfide) groups is 1. The summed E-state index contributed by atoms with van der Waals surface area (Å²) in [6, 6.07) is 16.3. The third-order valence-electron chi connectivity index (χ3n) is 7.11. The zero-order chi connectivity index (χ0) is 25.1. The van der Waals surface area contributed by atoms with Crippen molar-refractivity contribution >= 4 is 28.4 Å². The second-order valence-corrected chi connectivity index (χ2v) is 11.2. The second-order valence-electron chi connectivity index (χ2n) is 10.1. The third kappa shape index (κ3) is 6.25. The third-order valence-corrected chi connectivity index (χ3v) is 8.29. The van der Waals surface area contributed by atoms with E-state index >= 15 is 0 Å². The van der Waals surface area contributed by atoms with Crippen LogP contribution < -0.4 is 19.7 Å². The van der Waals surface area contributed by atoms with Gasteiger partial charge in [0.15, 0.2) is 0 Å². The van der Waals surface area contributed by atoms with Crippen LogP contribution in [-0.2, 0) is 4.79 Å². The molecule has 6 nitrogen and oxygen atoms in total. The lowest BCUT2D eigenvalue weighted by Crippen LogP contribution is -2.29. The molecule has 2 aromatic rings. The summed E-state index contributed by atoms with van der Waals surface area (Å²) in [5.74, 6) is 2.47. The molecule has 190 valence electrons. The van der Waals surface area contributed by atoms with Gasteiger partial charge in [0.1, 0.15) is 17.6 Å². The van der Waals surface area contributed by atoms with E-state index in [0.29, 0.717) is 9.95 Å². The molecule has 0 radical (unpaired) electrons. The first-order chi connectivity index (χ1) is 17.4. The highest BCUT2D eigenvalue weighted by molar-refractivity contribution is 8.17. The van der Waals surface area contributed by atoms with Crippen LogP contribution in [0.3, 0.4) is 0 Å². The average molecular weight is 506 g/mol. The number of carbonyl (C=O) groups excluding carboxylic acids is 1. The Morgan fingerprint density at radius 1 is 1.08 bits per heavy atom. The Morgan fingerprint density at radius 2 is 1.81 bits per heavy atom. The van der Waals surface area contributed by atoms with Crippen molar-refractivity contribution in [1.29, 1.82) is 5.41 Å². The Bertz CT molecular complexity index is 1130. The van der Waals surface area contributed by atoms with E-state index in [1.807, 2.05) is 38.1 Å². The maximum absolute atomic E-state index is 12.7. The van der Waals surface area contributed by atoms with Crippen LogP contribution in [0, 0.1) is 11.3 Å². The van der Waals surface area contributed by atoms with Crippen LogP contribution in [0.15, 0.2) is 59.0 Å². The van der Waals surface area contributed by atoms with Crippen LogP contribution in [0.5, 0.6) is 11.5 Å². The van der Waals surface area contributed by atoms with Gasteiger partial charge in [0, 0.05) is 18.7 Å². The highest BCUT2D eigenvalue weighted by Gasteiger charge is 2.25. The number of allylic oxidation sites excluding steroid dienone is 1. The maximum atomic E-state index is 12.7. The molecule has 2 atom stereocenters. The molecule has 2 unspecified atom stereocenters. The number of nitrogens with one attached hydrogen (secondary N) is 2. The smallest absolute Gasteiger partial charge is 0.258 e. The minimum Gasteiger partial charge on any atom is -0.493 e. The lowest BCUT2D eigenvalue weighted by molar-refractivity contribution is -0.117. The van der Waals surface area contributed by atoms with Gasteiger partial charge in [-0.1, -0.05) is 29.5 Å². The van der Waals surface area contributed by atoms with E-state index in [1.165, 1.54) is 30.3 Å². The van der Waals surface area contributed by atoms with Crippen molar-refractivity contribution in [3.05, 3.63) is 64.6 Å². The van der Waals surface area contributed by atoms with Crippen molar-refractivity contribution in [2.45, 2.75) is 58.1 Å². The number of benzene rings is 2. The quantitative estimate of drug-likeness (QED) is 0.431. The van der Waals surface area contributed by atoms with Crippen LogP contribution in [0.4, 0.5) is 5.69 Å². The number of ether oxygens (including phenoxy) is 2. The number of hydrogen-bond donors (Lipinski definition) is 2. The summed E-state index contributed by atoms with van der Waals surface area (Å²) >= 11 is 1.29. The number of rotatable bonds is 9. The highest BCUT2D eigenvalue weighted by Crippen LogP contribution is 2.32. The molecule has 2 aromatic carbocycles. The molecule has 3 aliphatic rings. The number of amides is 1. The number of nitrogens with zero attached hydrogens (tertiary/aromatic N) is 1. The molecule has 1 saturated carbocycles. The maximum Gasteiger partial charge on any atom is 0.258 e. The molecule has 5 rings (SSSR count). The van der Waals surface area contributed by atoms with Gasteiger partial charge >= 0.3 is 0 Å². The first-order valence-corrected chi connectivity index (χ1v) is 13.8. The topological polar surface area (TPSA) is 74.7 Å². The number of carbonyl (C=O) groups is 1. The van der Waals surface area contributed by atoms with Gasteiger partial charge in [0.05, 0.1) is 29.1 Å². The van der Waals surface area contributed by atoms with Crippen LogP contribution >= 0.6 is 11.8 Å². The minimum atomic E-state index is -0.123. The fourth-order valence-electron chi connectivity index (χ4n) is 4.60. The van der Waals surface area contributed by atoms with E-state index in [0.717, 1.165) is 67.5 Å². The van der Waals surface area contributed by atoms with Gasteiger partial charge in [-0.3, -0.25) is 10.2 Å². The summed E-state index contributed by atoms with van der Waals surface area (Å²) in [6.07, 6.45) is 5.24. The Labute approximate surface area is 217 Å². The van der Waals surface area contributed by atoms with E-state index < -0.39 is 0 Å². The van der Waals surface area contributed by atoms with Gasteiger partial charge < -0.3 is 19.7 Å². The second kappa shape index (κ2) is 11.0. The van der Waals surface area contributed by atoms with Crippen molar-refractivity contribution in [2.75, 3.05) is 24.6 Å². The van der Waals surface area contributed by atoms with Gasteiger partial charge in [-0.15, -0.1) is 0 Å². The molecule has 2 fully saturated rings. The predicted molar refractivity (Wildman–Crippen MR) is 146 cm³/mol. The molecule has 2 heterocycles. The molecule has 1 amide bonds. The van der Waals surface area contributed by atoms with Crippen LogP contribution in [0.2, 0.25) is 0 Å². The largest absolute Gasteiger partial charge is 0.493 e. The fraction of sp³-hybridized carbons (Fsp3) is 0.448. The molecule has 2 aliphatic heterocycles. The SMILES string of the molecule is CC1=C(C(=O)NC(C)c2ccc(OC3CCN(c4ccc(OCC5CC5)cc4)C3)cc2)SC(=N)CC1. The Kier molecular flexibility index (Phi) is 7.56. The summed E-state index contributed by atoms with van der Waals surface area (Å²) in [5.41, 5.74) is 3.30. The van der Waals surface area contributed by atoms with Crippen molar-refractivity contribution < 1.29 is 14.3 Å². The predicted octanol–water partition coefficient (Wildman–Crippen LogP) is 6.09. The van der Waals surface area contributed by atoms with Crippen LogP contribution in [0.25, 0.3) is 0 Å². The Hall–Kier alpha value is -2.93. The van der Waals surface area contributed by atoms with E-state index in [1.54, 1.807) is 0 Å². The molecular formula is C29H35N3O3S. The van der Waals surface area contributed by atoms with E-state index in [-0.39, 0.29) is 18.1 Å². The first kappa shape index (κ1) is 24.8. The van der Waals surface area contributed by atoms with Gasteiger partial charge in [0.25, 0.3) is 5.91 Å². The average Bonchev–Trinajstić information content (AvgIpc) is 3.61. The molecular weight excluding hydrogens is 470 g/mol. The van der Waals surface area contributed by atoms with Gasteiger partial charge in [0.2, 0.25) is 0 Å². The van der Waals surface area contributed by atoms with E-state index in [9.17, 15) is 4.79 Å². The number of hydrogen-bond acceptors (Lipinski definition) is 6. The molecule has 36 heavy (non-hydrogen) atoms. The van der Waals surface area contributed by atoms with E-state index in [2.05, 4.69) is 34.5 Å². The Morgan fingerprint density at radius 3 is 2.53 bits per heavy atom. The lowest BCUT2D eigenvalue weighted by atomic mass is 10.1.